The van der Waals surface area contributed by atoms with Crippen molar-refractivity contribution in [3.63, 3.8) is 0 Å². The van der Waals surface area contributed by atoms with Crippen LogP contribution < -0.4 is 15.6 Å². The maximum Gasteiger partial charge on any atom is 0.436 e. The predicted molar refractivity (Wildman–Crippen MR) is 177 cm³/mol. The molecular weight excluding hydrogens is 682 g/mol. The number of anilines is 1. The van der Waals surface area contributed by atoms with E-state index in [2.05, 4.69) is 15.6 Å². The van der Waals surface area contributed by atoms with Gasteiger partial charge in [0.25, 0.3) is 5.56 Å². The number of halogens is 5. The second-order valence-electron chi connectivity index (χ2n) is 12.1. The van der Waals surface area contributed by atoms with E-state index in [9.17, 15) is 27.6 Å². The van der Waals surface area contributed by atoms with Crippen LogP contribution in [-0.2, 0) is 22.1 Å². The highest BCUT2D eigenvalue weighted by Gasteiger charge is 2.35. The van der Waals surface area contributed by atoms with E-state index < -0.39 is 46.8 Å². The molecule has 0 saturated carbocycles. The molecule has 0 spiro atoms. The third kappa shape index (κ3) is 8.20. The number of alkyl halides is 3. The van der Waals surface area contributed by atoms with Gasteiger partial charge in [-0.25, -0.2) is 13.9 Å². The fourth-order valence-electron chi connectivity index (χ4n) is 5.05. The highest BCUT2D eigenvalue weighted by Crippen LogP contribution is 2.36. The number of carbonyl (C=O) groups excluding carboxylic acids is 2. The summed E-state index contributed by atoms with van der Waals surface area (Å²) in [6.07, 6.45) is -2.73. The van der Waals surface area contributed by atoms with Crippen molar-refractivity contribution in [3.8, 4) is 22.6 Å². The Morgan fingerprint density at radius 2 is 1.68 bits per heavy atom. The summed E-state index contributed by atoms with van der Waals surface area (Å²) in [5.41, 5.74) is -1.91. The van der Waals surface area contributed by atoms with Crippen molar-refractivity contribution in [1.82, 2.24) is 19.6 Å². The molecule has 10 nitrogen and oxygen atoms in total. The highest BCUT2D eigenvalue weighted by atomic mass is 35.5. The Hall–Kier alpha value is -5.50. The van der Waals surface area contributed by atoms with Gasteiger partial charge in [0, 0.05) is 34.3 Å². The number of amides is 1. The Morgan fingerprint density at radius 1 is 0.960 bits per heavy atom. The maximum atomic E-state index is 15.0. The van der Waals surface area contributed by atoms with Crippen molar-refractivity contribution in [2.75, 3.05) is 12.4 Å². The number of pyridine rings is 1. The standard InChI is InChI=1S/C35H30ClF4N5O5/c1-34(2,3)50-33(48)23-12-11-22(16-26(23)37)41-32(47)28(14-20-8-6-5-7-9-20)44-18-29(49-4)25(17-31(44)46)24-15-21(36)10-13-27(24)45-19-30(42-43-45)35(38,39)40/h5-13,15-19,28H,14H2,1-4H3,(H,41,47)/t28-/m0/s1. The summed E-state index contributed by atoms with van der Waals surface area (Å²) in [7, 11) is 1.32. The van der Waals surface area contributed by atoms with Crippen LogP contribution in [0.25, 0.3) is 16.8 Å². The summed E-state index contributed by atoms with van der Waals surface area (Å²) >= 11 is 6.27. The molecule has 260 valence electrons. The van der Waals surface area contributed by atoms with Crippen LogP contribution in [0.15, 0.2) is 90.0 Å². The van der Waals surface area contributed by atoms with Gasteiger partial charge in [-0.1, -0.05) is 47.1 Å². The van der Waals surface area contributed by atoms with Gasteiger partial charge in [0.05, 0.1) is 30.8 Å². The lowest BCUT2D eigenvalue weighted by atomic mass is 10.0. The Morgan fingerprint density at radius 3 is 2.30 bits per heavy atom. The number of hydrogen-bond acceptors (Lipinski definition) is 7. The Kier molecular flexibility index (Phi) is 10.1. The molecule has 0 aliphatic carbocycles. The topological polar surface area (TPSA) is 117 Å². The molecule has 15 heteroatoms. The number of hydrogen-bond donors (Lipinski definition) is 1. The Bertz CT molecular complexity index is 2110. The molecule has 0 saturated heterocycles. The predicted octanol–water partition coefficient (Wildman–Crippen LogP) is 7.29. The minimum absolute atomic E-state index is 0.0177. The minimum Gasteiger partial charge on any atom is -0.495 e. The number of methoxy groups -OCH3 is 1. The van der Waals surface area contributed by atoms with Gasteiger partial charge in [0.15, 0.2) is 5.69 Å². The number of nitrogens with one attached hydrogen (secondary N) is 1. The third-order valence-corrected chi connectivity index (χ3v) is 7.54. The van der Waals surface area contributed by atoms with Crippen LogP contribution in [0.4, 0.5) is 23.2 Å². The van der Waals surface area contributed by atoms with Crippen LogP contribution in [0.1, 0.15) is 48.4 Å². The third-order valence-electron chi connectivity index (χ3n) is 7.31. The van der Waals surface area contributed by atoms with Crippen molar-refractivity contribution < 1.29 is 36.6 Å². The van der Waals surface area contributed by atoms with E-state index in [-0.39, 0.29) is 45.3 Å². The number of rotatable bonds is 9. The number of carbonyl (C=O) groups is 2. The molecule has 3 aromatic carbocycles. The van der Waals surface area contributed by atoms with Crippen molar-refractivity contribution >= 4 is 29.2 Å². The summed E-state index contributed by atoms with van der Waals surface area (Å²) in [4.78, 5) is 40.1. The number of nitrogens with zero attached hydrogens (tertiary/aromatic N) is 4. The van der Waals surface area contributed by atoms with Crippen LogP contribution in [0, 0.1) is 5.82 Å². The Labute approximate surface area is 288 Å². The molecule has 50 heavy (non-hydrogen) atoms. The van der Waals surface area contributed by atoms with E-state index in [1.807, 2.05) is 0 Å². The molecular formula is C35H30ClF4N5O5. The average molecular weight is 712 g/mol. The summed E-state index contributed by atoms with van der Waals surface area (Å²) in [5, 5.41) is 9.65. The van der Waals surface area contributed by atoms with E-state index in [1.54, 1.807) is 51.1 Å². The molecule has 0 aliphatic rings. The normalized spacial score (nSPS) is 12.3. The van der Waals surface area contributed by atoms with Crippen LogP contribution >= 0.6 is 11.6 Å². The molecule has 0 radical (unpaired) electrons. The number of esters is 1. The SMILES string of the molecule is COc1cn([C@@H](Cc2ccccc2)C(=O)Nc2ccc(C(=O)OC(C)(C)C)c(F)c2)c(=O)cc1-c1cc(Cl)ccc1-n1cc(C(F)(F)F)nn1. The zero-order valence-corrected chi connectivity index (χ0v) is 27.8. The molecule has 0 fully saturated rings. The van der Waals surface area contributed by atoms with Crippen molar-refractivity contribution in [1.29, 1.82) is 0 Å². The Balaban J connectivity index is 1.55. The molecule has 5 rings (SSSR count). The molecule has 5 aromatic rings. The lowest BCUT2D eigenvalue weighted by molar-refractivity contribution is -0.141. The second kappa shape index (κ2) is 14.2. The van der Waals surface area contributed by atoms with E-state index in [0.29, 0.717) is 11.8 Å². The number of aromatic nitrogens is 4. The van der Waals surface area contributed by atoms with Crippen molar-refractivity contribution in [2.45, 2.75) is 45.0 Å². The summed E-state index contributed by atoms with van der Waals surface area (Å²) < 4.78 is 67.8. The zero-order chi connectivity index (χ0) is 36.4. The lowest BCUT2D eigenvalue weighted by Gasteiger charge is -2.22. The molecule has 1 amide bonds. The quantitative estimate of drug-likeness (QED) is 0.126. The van der Waals surface area contributed by atoms with Gasteiger partial charge in [0.2, 0.25) is 5.91 Å². The first kappa shape index (κ1) is 35.8. The van der Waals surface area contributed by atoms with Crippen molar-refractivity contribution in [3.05, 3.63) is 123 Å². The van der Waals surface area contributed by atoms with Gasteiger partial charge in [-0.15, -0.1) is 5.10 Å². The summed E-state index contributed by atoms with van der Waals surface area (Å²) in [6.45, 7) is 4.93. The van der Waals surface area contributed by atoms with Gasteiger partial charge in [-0.2, -0.15) is 13.2 Å². The molecule has 1 atom stereocenters. The monoisotopic (exact) mass is 711 g/mol. The fourth-order valence-corrected chi connectivity index (χ4v) is 5.22. The van der Waals surface area contributed by atoms with Crippen LogP contribution in [0.2, 0.25) is 5.02 Å². The first-order valence-electron chi connectivity index (χ1n) is 15.0. The molecule has 2 heterocycles. The van der Waals surface area contributed by atoms with Gasteiger partial charge in [-0.3, -0.25) is 14.2 Å². The van der Waals surface area contributed by atoms with E-state index in [1.165, 1.54) is 43.6 Å². The summed E-state index contributed by atoms with van der Waals surface area (Å²) in [6, 6.07) is 16.6. The zero-order valence-electron chi connectivity index (χ0n) is 27.1. The van der Waals surface area contributed by atoms with E-state index >= 15 is 4.39 Å². The molecule has 0 aliphatic heterocycles. The van der Waals surface area contributed by atoms with Gasteiger partial charge in [-0.05, 0) is 62.7 Å². The first-order valence-corrected chi connectivity index (χ1v) is 15.4. The average Bonchev–Trinajstić information content (AvgIpc) is 3.54. The van der Waals surface area contributed by atoms with Crippen molar-refractivity contribution in [2.24, 2.45) is 0 Å². The molecule has 2 aromatic heterocycles. The summed E-state index contributed by atoms with van der Waals surface area (Å²) in [5.74, 6) is -2.42. The number of benzene rings is 3. The fraction of sp³-hybridized carbons (Fsp3) is 0.229. The first-order chi connectivity index (χ1) is 23.5. The van der Waals surface area contributed by atoms with Crippen LogP contribution in [-0.4, -0.2) is 44.1 Å². The molecule has 1 N–H and O–H groups in total. The maximum absolute atomic E-state index is 15.0. The van der Waals surface area contributed by atoms with Gasteiger partial charge < -0.3 is 14.8 Å². The van der Waals surface area contributed by atoms with E-state index in [0.717, 1.165) is 21.4 Å². The van der Waals surface area contributed by atoms with Gasteiger partial charge in [0.1, 0.15) is 23.2 Å². The van der Waals surface area contributed by atoms with Gasteiger partial charge >= 0.3 is 12.1 Å². The second-order valence-corrected chi connectivity index (χ2v) is 12.5. The van der Waals surface area contributed by atoms with E-state index in [4.69, 9.17) is 21.1 Å². The largest absolute Gasteiger partial charge is 0.495 e. The smallest absolute Gasteiger partial charge is 0.436 e. The molecule has 0 unspecified atom stereocenters. The van der Waals surface area contributed by atoms with Crippen LogP contribution in [0.5, 0.6) is 5.75 Å². The highest BCUT2D eigenvalue weighted by molar-refractivity contribution is 6.31. The lowest BCUT2D eigenvalue weighted by Crippen LogP contribution is -2.34. The molecule has 0 bridgehead atoms. The van der Waals surface area contributed by atoms with Crippen LogP contribution in [0.3, 0.4) is 0 Å². The minimum atomic E-state index is -4.75. The number of ether oxygens (including phenoxy) is 2.